The van der Waals surface area contributed by atoms with Gasteiger partial charge in [0, 0.05) is 11.6 Å². The molecule has 1 aliphatic heterocycles. The van der Waals surface area contributed by atoms with Crippen LogP contribution in [0.4, 0.5) is 4.39 Å². The Morgan fingerprint density at radius 3 is 2.65 bits per heavy atom. The van der Waals surface area contributed by atoms with Crippen LogP contribution in [0.3, 0.4) is 0 Å². The van der Waals surface area contributed by atoms with Crippen LogP contribution in [-0.2, 0) is 0 Å². The molecule has 7 heteroatoms. The molecule has 0 saturated heterocycles. The number of benzene rings is 2. The average Bonchev–Trinajstić information content (AvgIpc) is 3.21. The van der Waals surface area contributed by atoms with Crippen LogP contribution >= 0.6 is 0 Å². The highest BCUT2D eigenvalue weighted by Gasteiger charge is 2.19. The van der Waals surface area contributed by atoms with E-state index in [1.165, 1.54) is 16.8 Å². The Balaban J connectivity index is 1.88. The zero-order chi connectivity index (χ0) is 15.8. The highest BCUT2D eigenvalue weighted by Crippen LogP contribution is 2.35. The number of hydrogen-bond acceptors (Lipinski definition) is 5. The first-order valence-corrected chi connectivity index (χ1v) is 6.78. The molecule has 0 saturated carbocycles. The van der Waals surface area contributed by atoms with Gasteiger partial charge in [-0.25, -0.2) is 9.07 Å². The van der Waals surface area contributed by atoms with Gasteiger partial charge >= 0.3 is 0 Å². The number of halogens is 1. The molecule has 1 aromatic heterocycles. The van der Waals surface area contributed by atoms with Crippen molar-refractivity contribution in [2.45, 2.75) is 0 Å². The first-order valence-electron chi connectivity index (χ1n) is 6.78. The SMILES string of the molecule is N#Cc1nnn(-c2ccc3c(c2)OCO3)c1-c1ccc(F)cc1. The van der Waals surface area contributed by atoms with Gasteiger partial charge in [0.25, 0.3) is 0 Å². The highest BCUT2D eigenvalue weighted by molar-refractivity contribution is 5.67. The van der Waals surface area contributed by atoms with Crippen LogP contribution in [-0.4, -0.2) is 21.8 Å². The van der Waals surface area contributed by atoms with Gasteiger partial charge in [0.05, 0.1) is 5.69 Å². The third-order valence-electron chi connectivity index (χ3n) is 3.49. The van der Waals surface area contributed by atoms with Gasteiger partial charge in [-0.05, 0) is 36.4 Å². The predicted octanol–water partition coefficient (Wildman–Crippen LogP) is 2.67. The third-order valence-corrected chi connectivity index (χ3v) is 3.49. The summed E-state index contributed by atoms with van der Waals surface area (Å²) in [6.45, 7) is 0.171. The van der Waals surface area contributed by atoms with Crippen LogP contribution in [0.25, 0.3) is 16.9 Å². The fourth-order valence-electron chi connectivity index (χ4n) is 2.42. The molecule has 0 atom stereocenters. The molecule has 0 N–H and O–H groups in total. The Bertz CT molecular complexity index is 928. The number of hydrogen-bond donors (Lipinski definition) is 0. The third kappa shape index (κ3) is 2.17. The second kappa shape index (κ2) is 5.10. The van der Waals surface area contributed by atoms with E-state index in [2.05, 4.69) is 10.3 Å². The van der Waals surface area contributed by atoms with Gasteiger partial charge < -0.3 is 9.47 Å². The molecule has 1 aliphatic rings. The fraction of sp³-hybridized carbons (Fsp3) is 0.0625. The Morgan fingerprint density at radius 1 is 1.09 bits per heavy atom. The lowest BCUT2D eigenvalue weighted by atomic mass is 10.1. The Morgan fingerprint density at radius 2 is 1.87 bits per heavy atom. The van der Waals surface area contributed by atoms with Crippen LogP contribution in [0.5, 0.6) is 11.5 Å². The molecular formula is C16H9FN4O2. The van der Waals surface area contributed by atoms with E-state index in [1.807, 2.05) is 6.07 Å². The van der Waals surface area contributed by atoms with Crippen molar-refractivity contribution in [1.82, 2.24) is 15.0 Å². The molecule has 0 radical (unpaired) electrons. The van der Waals surface area contributed by atoms with Crippen molar-refractivity contribution < 1.29 is 13.9 Å². The lowest BCUT2D eigenvalue weighted by Crippen LogP contribution is -2.00. The molecule has 4 rings (SSSR count). The first-order chi connectivity index (χ1) is 11.3. The number of nitrogens with zero attached hydrogens (tertiary/aromatic N) is 4. The van der Waals surface area contributed by atoms with Gasteiger partial charge in [-0.15, -0.1) is 5.10 Å². The maximum Gasteiger partial charge on any atom is 0.231 e. The summed E-state index contributed by atoms with van der Waals surface area (Å²) in [5.41, 5.74) is 1.97. The summed E-state index contributed by atoms with van der Waals surface area (Å²) in [6, 6.07) is 13.1. The zero-order valence-electron chi connectivity index (χ0n) is 11.7. The molecule has 2 aromatic carbocycles. The molecule has 0 aliphatic carbocycles. The molecule has 112 valence electrons. The zero-order valence-corrected chi connectivity index (χ0v) is 11.7. The van der Waals surface area contributed by atoms with E-state index in [0.717, 1.165) is 0 Å². The molecule has 3 aromatic rings. The summed E-state index contributed by atoms with van der Waals surface area (Å²) in [7, 11) is 0. The summed E-state index contributed by atoms with van der Waals surface area (Å²) < 4.78 is 25.3. The monoisotopic (exact) mass is 308 g/mol. The molecule has 0 fully saturated rings. The van der Waals surface area contributed by atoms with Crippen molar-refractivity contribution >= 4 is 0 Å². The number of ether oxygens (including phenoxy) is 2. The van der Waals surface area contributed by atoms with Crippen molar-refractivity contribution in [3.63, 3.8) is 0 Å². The largest absolute Gasteiger partial charge is 0.454 e. The van der Waals surface area contributed by atoms with E-state index in [9.17, 15) is 9.65 Å². The van der Waals surface area contributed by atoms with Gasteiger partial charge in [0.1, 0.15) is 17.6 Å². The van der Waals surface area contributed by atoms with Crippen molar-refractivity contribution in [3.05, 3.63) is 54.0 Å². The van der Waals surface area contributed by atoms with E-state index in [0.29, 0.717) is 28.4 Å². The molecule has 6 nitrogen and oxygen atoms in total. The number of rotatable bonds is 2. The second-order valence-corrected chi connectivity index (χ2v) is 4.85. The summed E-state index contributed by atoms with van der Waals surface area (Å²) in [5, 5.41) is 17.2. The van der Waals surface area contributed by atoms with Gasteiger partial charge in [-0.1, -0.05) is 5.21 Å². The van der Waals surface area contributed by atoms with E-state index in [-0.39, 0.29) is 18.3 Å². The minimum atomic E-state index is -0.352. The van der Waals surface area contributed by atoms with Gasteiger partial charge in [0.2, 0.25) is 6.79 Å². The smallest absolute Gasteiger partial charge is 0.231 e. The maximum absolute atomic E-state index is 13.2. The average molecular weight is 308 g/mol. The van der Waals surface area contributed by atoms with E-state index in [1.54, 1.807) is 30.3 Å². The minimum Gasteiger partial charge on any atom is -0.454 e. The van der Waals surface area contributed by atoms with Crippen molar-refractivity contribution in [3.8, 4) is 34.5 Å². The quantitative estimate of drug-likeness (QED) is 0.727. The highest BCUT2D eigenvalue weighted by atomic mass is 19.1. The lowest BCUT2D eigenvalue weighted by Gasteiger charge is -2.07. The molecule has 0 amide bonds. The lowest BCUT2D eigenvalue weighted by molar-refractivity contribution is 0.174. The van der Waals surface area contributed by atoms with E-state index < -0.39 is 0 Å². The number of aromatic nitrogens is 3. The molecule has 0 unspecified atom stereocenters. The van der Waals surface area contributed by atoms with Gasteiger partial charge in [-0.3, -0.25) is 0 Å². The molecule has 2 heterocycles. The van der Waals surface area contributed by atoms with Crippen LogP contribution < -0.4 is 9.47 Å². The van der Waals surface area contributed by atoms with E-state index >= 15 is 0 Å². The molecule has 23 heavy (non-hydrogen) atoms. The number of fused-ring (bicyclic) bond motifs is 1. The van der Waals surface area contributed by atoms with Crippen LogP contribution in [0.1, 0.15) is 5.69 Å². The first kappa shape index (κ1) is 13.3. The summed E-state index contributed by atoms with van der Waals surface area (Å²) in [6.07, 6.45) is 0. The van der Waals surface area contributed by atoms with Crippen LogP contribution in [0.2, 0.25) is 0 Å². The Kier molecular flexibility index (Phi) is 2.95. The maximum atomic E-state index is 13.2. The molecule has 0 bridgehead atoms. The summed E-state index contributed by atoms with van der Waals surface area (Å²) >= 11 is 0. The summed E-state index contributed by atoms with van der Waals surface area (Å²) in [4.78, 5) is 0. The standard InChI is InChI=1S/C16H9FN4O2/c17-11-3-1-10(2-4-11)16-13(8-18)19-20-21(16)12-5-6-14-15(7-12)23-9-22-14/h1-7H,9H2. The minimum absolute atomic E-state index is 0.161. The second-order valence-electron chi connectivity index (χ2n) is 4.85. The van der Waals surface area contributed by atoms with Crippen molar-refractivity contribution in [2.75, 3.05) is 6.79 Å². The van der Waals surface area contributed by atoms with Crippen LogP contribution in [0, 0.1) is 17.1 Å². The normalized spacial score (nSPS) is 12.2. The Labute approximate surface area is 130 Å². The van der Waals surface area contributed by atoms with Crippen molar-refractivity contribution in [1.29, 1.82) is 5.26 Å². The predicted molar refractivity (Wildman–Crippen MR) is 77.6 cm³/mol. The van der Waals surface area contributed by atoms with Crippen LogP contribution in [0.15, 0.2) is 42.5 Å². The van der Waals surface area contributed by atoms with E-state index in [4.69, 9.17) is 9.47 Å². The number of nitriles is 1. The fourth-order valence-corrected chi connectivity index (χ4v) is 2.42. The van der Waals surface area contributed by atoms with Crippen molar-refractivity contribution in [2.24, 2.45) is 0 Å². The summed E-state index contributed by atoms with van der Waals surface area (Å²) in [5.74, 6) is 0.897. The van der Waals surface area contributed by atoms with Gasteiger partial charge in [0.15, 0.2) is 17.2 Å². The Hall–Kier alpha value is -3.40. The topological polar surface area (TPSA) is 73.0 Å². The molecular weight excluding hydrogens is 299 g/mol. The van der Waals surface area contributed by atoms with Gasteiger partial charge in [-0.2, -0.15) is 5.26 Å². The molecule has 0 spiro atoms.